The van der Waals surface area contributed by atoms with Gasteiger partial charge in [0.2, 0.25) is 11.8 Å². The fraction of sp³-hybridized carbons (Fsp3) is 0.667. The highest BCUT2D eigenvalue weighted by Crippen LogP contribution is 2.65. The molecular formula is C12H9Cl8NO2S2. The molecule has 25 heavy (non-hydrogen) atoms. The molecular weight excluding hydrogens is 538 g/mol. The van der Waals surface area contributed by atoms with Crippen LogP contribution in [-0.2, 0) is 9.59 Å². The Morgan fingerprint density at radius 1 is 0.840 bits per heavy atom. The van der Waals surface area contributed by atoms with Gasteiger partial charge < -0.3 is 0 Å². The predicted octanol–water partition coefficient (Wildman–Crippen LogP) is 5.81. The molecule has 13 heteroatoms. The Labute approximate surface area is 193 Å². The molecule has 3 nitrogen and oxygen atoms in total. The Morgan fingerprint density at radius 3 is 1.44 bits per heavy atom. The second-order valence-corrected chi connectivity index (χ2v) is 14.2. The first-order chi connectivity index (χ1) is 11.3. The summed E-state index contributed by atoms with van der Waals surface area (Å²) < 4.78 is -6.45. The second kappa shape index (κ2) is 7.97. The molecule has 1 aliphatic carbocycles. The minimum absolute atomic E-state index is 0.128. The minimum Gasteiger partial charge on any atom is -0.294 e. The first kappa shape index (κ1) is 23.2. The number of nitrogens with one attached hydrogen (secondary N) is 1. The third-order valence-corrected chi connectivity index (χ3v) is 11.5. The van der Waals surface area contributed by atoms with E-state index in [9.17, 15) is 9.59 Å². The number of rotatable bonds is 6. The van der Waals surface area contributed by atoms with E-state index in [-0.39, 0.29) is 12.8 Å². The van der Waals surface area contributed by atoms with E-state index in [2.05, 4.69) is 5.32 Å². The SMILES string of the molecule is O=C1NC(=O)C2(SC(Cl)(Cl)C(Cl)Cl)CC=CCC12SC(Cl)(Cl)C(Cl)Cl. The molecule has 0 bridgehead atoms. The van der Waals surface area contributed by atoms with E-state index in [0.717, 1.165) is 23.5 Å². The molecule has 1 fully saturated rings. The van der Waals surface area contributed by atoms with E-state index < -0.39 is 38.3 Å². The summed E-state index contributed by atoms with van der Waals surface area (Å²) in [5.41, 5.74) is 0. The predicted molar refractivity (Wildman–Crippen MR) is 112 cm³/mol. The molecule has 2 aliphatic rings. The number of amides is 2. The maximum Gasteiger partial charge on any atom is 0.245 e. The molecule has 1 aliphatic heterocycles. The van der Waals surface area contributed by atoms with E-state index in [1.807, 2.05) is 0 Å². The van der Waals surface area contributed by atoms with Crippen LogP contribution in [0, 0.1) is 0 Å². The monoisotopic (exact) mass is 543 g/mol. The van der Waals surface area contributed by atoms with Crippen LogP contribution in [0.4, 0.5) is 0 Å². The van der Waals surface area contributed by atoms with E-state index in [4.69, 9.17) is 92.8 Å². The highest BCUT2D eigenvalue weighted by atomic mass is 35.6. The number of allylic oxidation sites excluding steroid dienone is 2. The van der Waals surface area contributed by atoms with Crippen molar-refractivity contribution in [3.05, 3.63) is 12.2 Å². The van der Waals surface area contributed by atoms with Gasteiger partial charge in [0, 0.05) is 0 Å². The average Bonchev–Trinajstić information content (AvgIpc) is 2.67. The summed E-state index contributed by atoms with van der Waals surface area (Å²) in [6, 6.07) is 0. The van der Waals surface area contributed by atoms with Crippen molar-refractivity contribution in [2.75, 3.05) is 0 Å². The van der Waals surface area contributed by atoms with Gasteiger partial charge in [-0.15, -0.1) is 69.9 Å². The number of alkyl halides is 8. The minimum atomic E-state index is -1.77. The van der Waals surface area contributed by atoms with Gasteiger partial charge in [-0.2, -0.15) is 0 Å². The first-order valence-electron chi connectivity index (χ1n) is 6.54. The number of hydrogen-bond donors (Lipinski definition) is 1. The van der Waals surface area contributed by atoms with Crippen molar-refractivity contribution in [3.63, 3.8) is 0 Å². The number of imide groups is 1. The Hall–Kier alpha value is 1.90. The lowest BCUT2D eigenvalue weighted by Crippen LogP contribution is -2.56. The van der Waals surface area contributed by atoms with Crippen LogP contribution in [-0.4, -0.2) is 38.3 Å². The Morgan fingerprint density at radius 2 is 1.16 bits per heavy atom. The molecule has 0 aromatic rings. The van der Waals surface area contributed by atoms with Gasteiger partial charge in [0.05, 0.1) is 0 Å². The van der Waals surface area contributed by atoms with E-state index in [0.29, 0.717) is 0 Å². The molecule has 2 unspecified atom stereocenters. The van der Waals surface area contributed by atoms with Gasteiger partial charge in [0.1, 0.15) is 19.2 Å². The summed E-state index contributed by atoms with van der Waals surface area (Å²) in [6.07, 6.45) is 3.72. The fourth-order valence-corrected chi connectivity index (χ4v) is 7.38. The zero-order valence-corrected chi connectivity index (χ0v) is 19.6. The third-order valence-electron chi connectivity index (χ3n) is 3.72. The van der Waals surface area contributed by atoms with Crippen molar-refractivity contribution in [1.82, 2.24) is 5.32 Å². The number of thioether (sulfide) groups is 2. The lowest BCUT2D eigenvalue weighted by atomic mass is 9.83. The van der Waals surface area contributed by atoms with E-state index >= 15 is 0 Å². The number of halogens is 8. The molecule has 2 atom stereocenters. The summed E-state index contributed by atoms with van der Waals surface area (Å²) in [7, 11) is 0. The maximum absolute atomic E-state index is 12.7. The van der Waals surface area contributed by atoms with Crippen LogP contribution in [0.3, 0.4) is 0 Å². The standard InChI is InChI=1S/C12H9Cl8NO2S2/c13-5(14)11(17,18)24-9-3-1-2-4-10(9,8(23)21-7(9)22)25-12(19,20)6(15)16/h1-2,5-6H,3-4H2,(H,21,22,23). The largest absolute Gasteiger partial charge is 0.294 e. The highest BCUT2D eigenvalue weighted by molar-refractivity contribution is 8.09. The normalized spacial score (nSPS) is 30.2. The molecule has 2 amide bonds. The van der Waals surface area contributed by atoms with Gasteiger partial charge in [-0.05, 0) is 12.8 Å². The summed E-state index contributed by atoms with van der Waals surface area (Å²) >= 11 is 49.7. The molecule has 0 radical (unpaired) electrons. The molecule has 1 saturated heterocycles. The number of hydrogen-bond acceptors (Lipinski definition) is 4. The van der Waals surface area contributed by atoms with Crippen LogP contribution in [0.5, 0.6) is 0 Å². The zero-order chi connectivity index (χ0) is 19.3. The second-order valence-electron chi connectivity index (χ2n) is 5.25. The van der Waals surface area contributed by atoms with Crippen molar-refractivity contribution in [3.8, 4) is 0 Å². The molecule has 1 heterocycles. The molecule has 142 valence electrons. The van der Waals surface area contributed by atoms with Gasteiger partial charge in [0.25, 0.3) is 0 Å². The maximum atomic E-state index is 12.7. The molecule has 0 aromatic heterocycles. The molecule has 0 aromatic carbocycles. The van der Waals surface area contributed by atoms with Crippen molar-refractivity contribution >= 4 is 128 Å². The van der Waals surface area contributed by atoms with Gasteiger partial charge in [-0.1, -0.05) is 58.6 Å². The van der Waals surface area contributed by atoms with Crippen LogP contribution in [0.1, 0.15) is 12.8 Å². The van der Waals surface area contributed by atoms with Crippen LogP contribution < -0.4 is 5.32 Å². The van der Waals surface area contributed by atoms with Crippen molar-refractivity contribution < 1.29 is 9.59 Å². The third kappa shape index (κ3) is 4.12. The van der Waals surface area contributed by atoms with E-state index in [1.165, 1.54) is 0 Å². The lowest BCUT2D eigenvalue weighted by Gasteiger charge is -2.46. The van der Waals surface area contributed by atoms with Crippen LogP contribution in [0.2, 0.25) is 0 Å². The zero-order valence-electron chi connectivity index (χ0n) is 11.9. The van der Waals surface area contributed by atoms with E-state index in [1.54, 1.807) is 12.2 Å². The van der Waals surface area contributed by atoms with Crippen molar-refractivity contribution in [1.29, 1.82) is 0 Å². The van der Waals surface area contributed by atoms with Crippen LogP contribution in [0.15, 0.2) is 12.2 Å². The lowest BCUT2D eigenvalue weighted by molar-refractivity contribution is -0.125. The van der Waals surface area contributed by atoms with Crippen molar-refractivity contribution in [2.24, 2.45) is 0 Å². The quantitative estimate of drug-likeness (QED) is 0.260. The Kier molecular flexibility index (Phi) is 7.39. The number of carbonyl (C=O) groups is 2. The molecule has 0 spiro atoms. The van der Waals surface area contributed by atoms with Crippen molar-refractivity contribution in [2.45, 2.75) is 39.3 Å². The molecule has 2 rings (SSSR count). The summed E-state index contributed by atoms with van der Waals surface area (Å²) in [6.45, 7) is 0. The Balaban J connectivity index is 2.57. The summed E-state index contributed by atoms with van der Waals surface area (Å²) in [5.74, 6) is -1.19. The average molecular weight is 547 g/mol. The van der Waals surface area contributed by atoms with Gasteiger partial charge in [0.15, 0.2) is 7.33 Å². The smallest absolute Gasteiger partial charge is 0.245 e. The number of fused-ring (bicyclic) bond motifs is 1. The first-order valence-corrected chi connectivity index (χ1v) is 11.4. The number of carbonyl (C=O) groups excluding carboxylic acids is 2. The van der Waals surface area contributed by atoms with Gasteiger partial charge in [-0.25, -0.2) is 0 Å². The fourth-order valence-electron chi connectivity index (χ4n) is 2.58. The summed E-state index contributed by atoms with van der Waals surface area (Å²) in [5, 5.41) is 2.30. The topological polar surface area (TPSA) is 46.2 Å². The summed E-state index contributed by atoms with van der Waals surface area (Å²) in [4.78, 5) is 23.0. The van der Waals surface area contributed by atoms with Crippen LogP contribution >= 0.6 is 116 Å². The van der Waals surface area contributed by atoms with Gasteiger partial charge in [-0.3, -0.25) is 14.9 Å². The van der Waals surface area contributed by atoms with Crippen LogP contribution in [0.25, 0.3) is 0 Å². The molecule has 0 saturated carbocycles. The highest BCUT2D eigenvalue weighted by Gasteiger charge is 2.71. The molecule has 1 N–H and O–H groups in total. The Bertz CT molecular complexity index is 564. The van der Waals surface area contributed by atoms with Gasteiger partial charge >= 0.3 is 0 Å².